The summed E-state index contributed by atoms with van der Waals surface area (Å²) in [6.45, 7) is 1.45. The minimum absolute atomic E-state index is 0.0117. The van der Waals surface area contributed by atoms with Crippen LogP contribution in [0.2, 0.25) is 0 Å². The molecular formula is C27H31N3O6S. The Morgan fingerprint density at radius 2 is 1.78 bits per heavy atom. The Bertz CT molecular complexity index is 1300. The van der Waals surface area contributed by atoms with E-state index in [-0.39, 0.29) is 23.8 Å². The van der Waals surface area contributed by atoms with Crippen LogP contribution in [-0.4, -0.2) is 50.1 Å². The predicted octanol–water partition coefficient (Wildman–Crippen LogP) is 3.87. The SMILES string of the molecule is COc1ccc(N2C(=O)CC(N(CCC3=CCCCC3)S(=O)(=O)c3ccc(NC(C)=O)cc3)C2=O)cc1. The number of sulfonamides is 1. The summed E-state index contributed by atoms with van der Waals surface area (Å²) in [5, 5.41) is 2.61. The second-order valence-electron chi connectivity index (χ2n) is 9.16. The van der Waals surface area contributed by atoms with Gasteiger partial charge in [-0.25, -0.2) is 13.3 Å². The number of benzene rings is 2. The van der Waals surface area contributed by atoms with Crippen molar-refractivity contribution >= 4 is 39.1 Å². The fourth-order valence-electron chi connectivity index (χ4n) is 4.72. The molecule has 2 aliphatic rings. The van der Waals surface area contributed by atoms with Crippen molar-refractivity contribution in [2.45, 2.75) is 56.4 Å². The predicted molar refractivity (Wildman–Crippen MR) is 140 cm³/mol. The Kier molecular flexibility index (Phi) is 8.09. The molecule has 0 saturated carbocycles. The molecule has 37 heavy (non-hydrogen) atoms. The average Bonchev–Trinajstić information content (AvgIpc) is 3.18. The van der Waals surface area contributed by atoms with E-state index in [1.807, 2.05) is 0 Å². The number of amides is 3. The molecule has 0 spiro atoms. The summed E-state index contributed by atoms with van der Waals surface area (Å²) < 4.78 is 34.0. The van der Waals surface area contributed by atoms with Crippen LogP contribution in [0.4, 0.5) is 11.4 Å². The second-order valence-corrected chi connectivity index (χ2v) is 11.1. The van der Waals surface area contributed by atoms with E-state index in [9.17, 15) is 22.8 Å². The summed E-state index contributed by atoms with van der Waals surface area (Å²) in [4.78, 5) is 38.9. The summed E-state index contributed by atoms with van der Waals surface area (Å²) in [6.07, 6.45) is 6.40. The van der Waals surface area contributed by atoms with Gasteiger partial charge in [-0.3, -0.25) is 14.4 Å². The highest BCUT2D eigenvalue weighted by Crippen LogP contribution is 2.32. The average molecular weight is 526 g/mol. The van der Waals surface area contributed by atoms with Crippen LogP contribution >= 0.6 is 0 Å². The Morgan fingerprint density at radius 1 is 1.08 bits per heavy atom. The minimum atomic E-state index is -4.13. The van der Waals surface area contributed by atoms with Gasteiger partial charge >= 0.3 is 0 Å². The van der Waals surface area contributed by atoms with Gasteiger partial charge in [0.25, 0.3) is 5.91 Å². The summed E-state index contributed by atoms with van der Waals surface area (Å²) in [7, 11) is -2.61. The molecular weight excluding hydrogens is 494 g/mol. The number of allylic oxidation sites excluding steroid dienone is 1. The van der Waals surface area contributed by atoms with Gasteiger partial charge in [0.1, 0.15) is 11.8 Å². The quantitative estimate of drug-likeness (QED) is 0.393. The van der Waals surface area contributed by atoms with Crippen molar-refractivity contribution < 1.29 is 27.5 Å². The van der Waals surface area contributed by atoms with Crippen molar-refractivity contribution in [1.29, 1.82) is 0 Å². The fraction of sp³-hybridized carbons (Fsp3) is 0.370. The molecule has 0 aromatic heterocycles. The molecule has 1 atom stereocenters. The molecule has 1 aliphatic heterocycles. The van der Waals surface area contributed by atoms with E-state index in [0.29, 0.717) is 23.5 Å². The number of imide groups is 1. The normalized spacial score (nSPS) is 18.2. The zero-order valence-electron chi connectivity index (χ0n) is 21.0. The molecule has 0 radical (unpaired) electrons. The lowest BCUT2D eigenvalue weighted by atomic mass is 9.97. The van der Waals surface area contributed by atoms with E-state index >= 15 is 0 Å². The van der Waals surface area contributed by atoms with Crippen LogP contribution in [0.25, 0.3) is 0 Å². The van der Waals surface area contributed by atoms with Crippen molar-refractivity contribution in [3.8, 4) is 5.75 Å². The van der Waals surface area contributed by atoms with Crippen LogP contribution in [0.1, 0.15) is 45.4 Å². The highest BCUT2D eigenvalue weighted by atomic mass is 32.2. The number of methoxy groups -OCH3 is 1. The van der Waals surface area contributed by atoms with E-state index in [1.165, 1.54) is 42.6 Å². The lowest BCUT2D eigenvalue weighted by molar-refractivity contribution is -0.122. The van der Waals surface area contributed by atoms with Gasteiger partial charge in [0.2, 0.25) is 21.8 Å². The molecule has 1 aliphatic carbocycles. The largest absolute Gasteiger partial charge is 0.497 e. The van der Waals surface area contributed by atoms with Crippen molar-refractivity contribution in [3.63, 3.8) is 0 Å². The number of hydrogen-bond donors (Lipinski definition) is 1. The number of anilines is 2. The monoisotopic (exact) mass is 525 g/mol. The number of ether oxygens (including phenoxy) is 1. The minimum Gasteiger partial charge on any atom is -0.497 e. The Hall–Kier alpha value is -3.50. The van der Waals surface area contributed by atoms with Gasteiger partial charge < -0.3 is 10.1 Å². The lowest BCUT2D eigenvalue weighted by Gasteiger charge is -2.28. The van der Waals surface area contributed by atoms with Crippen LogP contribution in [0, 0.1) is 0 Å². The Labute approximate surface area is 217 Å². The Morgan fingerprint density at radius 3 is 2.38 bits per heavy atom. The molecule has 10 heteroatoms. The van der Waals surface area contributed by atoms with Crippen LogP contribution in [0.15, 0.2) is 65.1 Å². The summed E-state index contributed by atoms with van der Waals surface area (Å²) in [5.41, 5.74) is 1.99. The second kappa shape index (κ2) is 11.3. The maximum atomic E-state index is 13.8. The van der Waals surface area contributed by atoms with Crippen LogP contribution in [0.5, 0.6) is 5.75 Å². The van der Waals surface area contributed by atoms with E-state index in [0.717, 1.165) is 36.2 Å². The lowest BCUT2D eigenvalue weighted by Crippen LogP contribution is -2.46. The third-order valence-electron chi connectivity index (χ3n) is 6.62. The third kappa shape index (κ3) is 5.91. The number of carbonyl (C=O) groups is 3. The molecule has 0 bridgehead atoms. The summed E-state index contributed by atoms with van der Waals surface area (Å²) in [5.74, 6) is -0.733. The smallest absolute Gasteiger partial charge is 0.252 e. The number of nitrogens with zero attached hydrogens (tertiary/aromatic N) is 2. The molecule has 3 amide bonds. The first-order valence-electron chi connectivity index (χ1n) is 12.3. The molecule has 1 heterocycles. The van der Waals surface area contributed by atoms with E-state index in [4.69, 9.17) is 4.74 Å². The van der Waals surface area contributed by atoms with Crippen molar-refractivity contribution in [1.82, 2.24) is 4.31 Å². The number of carbonyl (C=O) groups excluding carboxylic acids is 3. The topological polar surface area (TPSA) is 113 Å². The number of nitrogens with one attached hydrogen (secondary N) is 1. The first-order valence-corrected chi connectivity index (χ1v) is 13.7. The van der Waals surface area contributed by atoms with E-state index in [1.54, 1.807) is 24.3 Å². The molecule has 1 fully saturated rings. The van der Waals surface area contributed by atoms with Gasteiger partial charge in [0.15, 0.2) is 0 Å². The Balaban J connectivity index is 1.65. The number of rotatable bonds is 9. The third-order valence-corrected chi connectivity index (χ3v) is 8.54. The van der Waals surface area contributed by atoms with Gasteiger partial charge in [0, 0.05) is 19.2 Å². The number of hydrogen-bond acceptors (Lipinski definition) is 6. The molecule has 1 saturated heterocycles. The molecule has 196 valence electrons. The maximum absolute atomic E-state index is 13.8. The molecule has 2 aromatic carbocycles. The van der Waals surface area contributed by atoms with E-state index in [2.05, 4.69) is 11.4 Å². The first kappa shape index (κ1) is 26.6. The molecule has 2 aromatic rings. The highest BCUT2D eigenvalue weighted by Gasteiger charge is 2.46. The standard InChI is InChI=1S/C27H31N3O6S/c1-19(31)28-21-8-14-24(15-9-21)37(34,35)29(17-16-20-6-4-3-5-7-20)25-18-26(32)30(27(25)33)22-10-12-23(36-2)13-11-22/h6,8-15,25H,3-5,7,16-18H2,1-2H3,(H,28,31). The van der Waals surface area contributed by atoms with Gasteiger partial charge in [-0.2, -0.15) is 4.31 Å². The van der Waals surface area contributed by atoms with Crippen molar-refractivity contribution in [2.75, 3.05) is 23.9 Å². The van der Waals surface area contributed by atoms with Gasteiger partial charge in [-0.1, -0.05) is 11.6 Å². The fourth-order valence-corrected chi connectivity index (χ4v) is 6.30. The molecule has 1 unspecified atom stereocenters. The van der Waals surface area contributed by atoms with Crippen LogP contribution in [-0.2, 0) is 24.4 Å². The van der Waals surface area contributed by atoms with Crippen molar-refractivity contribution in [3.05, 3.63) is 60.2 Å². The highest BCUT2D eigenvalue weighted by molar-refractivity contribution is 7.89. The van der Waals surface area contributed by atoms with Crippen molar-refractivity contribution in [2.24, 2.45) is 0 Å². The van der Waals surface area contributed by atoms with Crippen LogP contribution in [0.3, 0.4) is 0 Å². The van der Waals surface area contributed by atoms with Gasteiger partial charge in [-0.15, -0.1) is 0 Å². The molecule has 1 N–H and O–H groups in total. The zero-order chi connectivity index (χ0) is 26.6. The molecule has 9 nitrogen and oxygen atoms in total. The van der Waals surface area contributed by atoms with Crippen LogP contribution < -0.4 is 15.0 Å². The first-order chi connectivity index (χ1) is 17.7. The summed E-state index contributed by atoms with van der Waals surface area (Å²) in [6, 6.07) is 11.1. The maximum Gasteiger partial charge on any atom is 0.252 e. The van der Waals surface area contributed by atoms with Gasteiger partial charge in [-0.05, 0) is 80.6 Å². The van der Waals surface area contributed by atoms with E-state index < -0.39 is 27.9 Å². The summed E-state index contributed by atoms with van der Waals surface area (Å²) >= 11 is 0. The van der Waals surface area contributed by atoms with Gasteiger partial charge in [0.05, 0.1) is 24.1 Å². The molecule has 4 rings (SSSR count). The zero-order valence-corrected chi connectivity index (χ0v) is 21.8.